The van der Waals surface area contributed by atoms with Crippen LogP contribution in [0.4, 0.5) is 0 Å². The van der Waals surface area contributed by atoms with Crippen LogP contribution < -0.4 is 15.2 Å². The molecular formula is C27H26N2O7. The number of hydrogen-bond acceptors (Lipinski definition) is 7. The molecule has 0 aliphatic carbocycles. The molecule has 0 saturated carbocycles. The second-order valence-corrected chi connectivity index (χ2v) is 8.71. The SMILES string of the molecule is Cc1cc(C(=O)COC(=O)CCn2c(=O)oc3ccccc32)c(C)n1CC1COc2ccccc2O1. The zero-order valence-electron chi connectivity index (χ0n) is 20.1. The van der Waals surface area contributed by atoms with E-state index in [1.807, 2.05) is 42.7 Å². The molecule has 0 fully saturated rings. The van der Waals surface area contributed by atoms with Crippen molar-refractivity contribution in [3.63, 3.8) is 0 Å². The number of nitrogens with zero attached hydrogens (tertiary/aromatic N) is 2. The Kier molecular flexibility index (Phi) is 6.37. The minimum atomic E-state index is -0.569. The number of aryl methyl sites for hydroxylation is 2. The zero-order chi connectivity index (χ0) is 25.2. The first kappa shape index (κ1) is 23.5. The van der Waals surface area contributed by atoms with Crippen molar-refractivity contribution in [2.24, 2.45) is 0 Å². The molecule has 1 aliphatic rings. The molecule has 4 aromatic rings. The van der Waals surface area contributed by atoms with Gasteiger partial charge in [-0.3, -0.25) is 14.2 Å². The number of benzene rings is 2. The molecule has 0 bridgehead atoms. The smallest absolute Gasteiger partial charge is 0.419 e. The molecule has 5 rings (SSSR count). The van der Waals surface area contributed by atoms with Gasteiger partial charge in [0, 0.05) is 23.5 Å². The molecule has 36 heavy (non-hydrogen) atoms. The number of hydrogen-bond donors (Lipinski definition) is 0. The van der Waals surface area contributed by atoms with Crippen molar-refractivity contribution in [3.05, 3.63) is 82.1 Å². The lowest BCUT2D eigenvalue weighted by molar-refractivity contribution is -0.142. The number of ether oxygens (including phenoxy) is 3. The van der Waals surface area contributed by atoms with Crippen LogP contribution in [0.25, 0.3) is 11.1 Å². The van der Waals surface area contributed by atoms with Crippen LogP contribution in [0.1, 0.15) is 28.2 Å². The summed E-state index contributed by atoms with van der Waals surface area (Å²) in [6, 6.07) is 16.3. The maximum absolute atomic E-state index is 12.8. The molecule has 9 nitrogen and oxygen atoms in total. The van der Waals surface area contributed by atoms with Gasteiger partial charge < -0.3 is 23.2 Å². The van der Waals surface area contributed by atoms with Gasteiger partial charge in [0.2, 0.25) is 5.78 Å². The predicted molar refractivity (Wildman–Crippen MR) is 131 cm³/mol. The van der Waals surface area contributed by atoms with Crippen molar-refractivity contribution in [3.8, 4) is 11.5 Å². The Morgan fingerprint density at radius 1 is 1.03 bits per heavy atom. The van der Waals surface area contributed by atoms with Gasteiger partial charge >= 0.3 is 11.7 Å². The zero-order valence-corrected chi connectivity index (χ0v) is 20.1. The Morgan fingerprint density at radius 2 is 1.78 bits per heavy atom. The monoisotopic (exact) mass is 490 g/mol. The van der Waals surface area contributed by atoms with Crippen LogP contribution in [-0.2, 0) is 22.6 Å². The Balaban J connectivity index is 1.18. The van der Waals surface area contributed by atoms with Crippen LogP contribution in [0.2, 0.25) is 0 Å². The third kappa shape index (κ3) is 4.64. The lowest BCUT2D eigenvalue weighted by Crippen LogP contribution is -2.33. The number of aromatic nitrogens is 2. The number of ketones is 1. The summed E-state index contributed by atoms with van der Waals surface area (Å²) in [7, 11) is 0. The molecule has 2 aromatic carbocycles. The van der Waals surface area contributed by atoms with Crippen LogP contribution in [0.15, 0.2) is 63.8 Å². The minimum absolute atomic E-state index is 0.0593. The number of fused-ring (bicyclic) bond motifs is 2. The topological polar surface area (TPSA) is 102 Å². The number of Topliss-reactive ketones (excluding diaryl/α,β-unsaturated/α-hetero) is 1. The normalized spacial score (nSPS) is 14.7. The van der Waals surface area contributed by atoms with Crippen molar-refractivity contribution in [2.45, 2.75) is 39.5 Å². The Morgan fingerprint density at radius 3 is 2.61 bits per heavy atom. The van der Waals surface area contributed by atoms with E-state index in [4.69, 9.17) is 18.6 Å². The summed E-state index contributed by atoms with van der Waals surface area (Å²) < 4.78 is 25.6. The Hall–Kier alpha value is -4.27. The van der Waals surface area contributed by atoms with Gasteiger partial charge in [0.15, 0.2) is 29.8 Å². The summed E-state index contributed by atoms with van der Waals surface area (Å²) in [6.07, 6.45) is -0.260. The number of oxazole rings is 1. The van der Waals surface area contributed by atoms with Gasteiger partial charge in [-0.1, -0.05) is 24.3 Å². The Labute approximate surface area is 206 Å². The second kappa shape index (κ2) is 9.77. The molecule has 9 heteroatoms. The molecule has 186 valence electrons. The summed E-state index contributed by atoms with van der Waals surface area (Å²) in [4.78, 5) is 37.2. The first-order chi connectivity index (χ1) is 17.4. The first-order valence-corrected chi connectivity index (χ1v) is 11.7. The van der Waals surface area contributed by atoms with Gasteiger partial charge in [0.25, 0.3) is 0 Å². The summed E-state index contributed by atoms with van der Waals surface area (Å²) in [5, 5.41) is 0. The molecular weight excluding hydrogens is 464 g/mol. The van der Waals surface area contributed by atoms with Crippen LogP contribution in [0, 0.1) is 13.8 Å². The van der Waals surface area contributed by atoms with E-state index in [1.165, 1.54) is 4.57 Å². The predicted octanol–water partition coefficient (Wildman–Crippen LogP) is 3.67. The van der Waals surface area contributed by atoms with Gasteiger partial charge in [-0.15, -0.1) is 0 Å². The highest BCUT2D eigenvalue weighted by Gasteiger charge is 2.24. The van der Waals surface area contributed by atoms with Crippen molar-refractivity contribution in [2.75, 3.05) is 13.2 Å². The van der Waals surface area contributed by atoms with Crippen molar-refractivity contribution in [1.82, 2.24) is 9.13 Å². The van der Waals surface area contributed by atoms with E-state index in [9.17, 15) is 14.4 Å². The van der Waals surface area contributed by atoms with Gasteiger partial charge in [0.1, 0.15) is 6.61 Å². The van der Waals surface area contributed by atoms with Gasteiger partial charge in [-0.2, -0.15) is 0 Å². The summed E-state index contributed by atoms with van der Waals surface area (Å²) in [6.45, 7) is 4.43. The van der Waals surface area contributed by atoms with E-state index in [0.717, 1.165) is 17.1 Å². The summed E-state index contributed by atoms with van der Waals surface area (Å²) in [5.41, 5.74) is 3.23. The number of esters is 1. The molecule has 1 aliphatic heterocycles. The fraction of sp³-hybridized carbons (Fsp3) is 0.296. The molecule has 2 aromatic heterocycles. The van der Waals surface area contributed by atoms with Crippen LogP contribution in [-0.4, -0.2) is 40.2 Å². The number of carbonyl (C=O) groups is 2. The fourth-order valence-electron chi connectivity index (χ4n) is 4.45. The number of rotatable bonds is 8. The molecule has 0 N–H and O–H groups in total. The van der Waals surface area contributed by atoms with E-state index in [2.05, 4.69) is 0 Å². The third-order valence-electron chi connectivity index (χ3n) is 6.31. The molecule has 0 saturated heterocycles. The summed E-state index contributed by atoms with van der Waals surface area (Å²) in [5.74, 6) is 0.0206. The highest BCUT2D eigenvalue weighted by atomic mass is 16.6. The Bertz CT molecular complexity index is 1490. The number of para-hydroxylation sites is 4. The summed E-state index contributed by atoms with van der Waals surface area (Å²) >= 11 is 0. The molecule has 0 amide bonds. The lowest BCUT2D eigenvalue weighted by atomic mass is 10.1. The molecule has 1 unspecified atom stereocenters. The maximum Gasteiger partial charge on any atom is 0.419 e. The van der Waals surface area contributed by atoms with E-state index < -0.39 is 11.7 Å². The standard InChI is InChI=1S/C27H26N2O7/c1-17-13-20(18(2)29(17)14-19-15-33-24-9-5-6-10-25(24)35-19)22(30)16-34-26(31)11-12-28-21-7-3-4-8-23(21)36-27(28)32/h3-10,13,19H,11-12,14-16H2,1-2H3. The maximum atomic E-state index is 12.8. The number of carbonyl (C=O) groups excluding carboxylic acids is 2. The highest BCUT2D eigenvalue weighted by Crippen LogP contribution is 2.31. The minimum Gasteiger partial charge on any atom is -0.486 e. The largest absolute Gasteiger partial charge is 0.486 e. The van der Waals surface area contributed by atoms with Gasteiger partial charge in [0.05, 0.1) is 18.5 Å². The van der Waals surface area contributed by atoms with Crippen LogP contribution in [0.3, 0.4) is 0 Å². The van der Waals surface area contributed by atoms with Crippen molar-refractivity contribution >= 4 is 22.9 Å². The van der Waals surface area contributed by atoms with Crippen molar-refractivity contribution < 1.29 is 28.2 Å². The average Bonchev–Trinajstić information content (AvgIpc) is 3.36. The lowest BCUT2D eigenvalue weighted by Gasteiger charge is -2.27. The molecule has 3 heterocycles. The van der Waals surface area contributed by atoms with E-state index >= 15 is 0 Å². The van der Waals surface area contributed by atoms with E-state index in [-0.39, 0.29) is 31.5 Å². The second-order valence-electron chi connectivity index (χ2n) is 8.71. The average molecular weight is 491 g/mol. The van der Waals surface area contributed by atoms with Gasteiger partial charge in [-0.25, -0.2) is 4.79 Å². The quantitative estimate of drug-likeness (QED) is 0.274. The third-order valence-corrected chi connectivity index (χ3v) is 6.31. The highest BCUT2D eigenvalue weighted by molar-refractivity contribution is 5.99. The van der Waals surface area contributed by atoms with Gasteiger partial charge in [-0.05, 0) is 44.2 Å². The van der Waals surface area contributed by atoms with E-state index in [1.54, 1.807) is 30.3 Å². The molecule has 0 spiro atoms. The van der Waals surface area contributed by atoms with Crippen molar-refractivity contribution in [1.29, 1.82) is 0 Å². The molecule has 0 radical (unpaired) electrons. The fourth-order valence-corrected chi connectivity index (χ4v) is 4.45. The first-order valence-electron chi connectivity index (χ1n) is 11.7. The molecule has 1 atom stereocenters. The van der Waals surface area contributed by atoms with E-state index in [0.29, 0.717) is 35.6 Å². The van der Waals surface area contributed by atoms with Crippen LogP contribution in [0.5, 0.6) is 11.5 Å². The van der Waals surface area contributed by atoms with Crippen LogP contribution >= 0.6 is 0 Å².